The van der Waals surface area contributed by atoms with E-state index in [4.69, 9.17) is 5.73 Å². The fraction of sp³-hybridized carbons (Fsp3) is 0.133. The maximum Gasteiger partial charge on any atom is 0.160 e. The van der Waals surface area contributed by atoms with Crippen LogP contribution in [0.2, 0.25) is 0 Å². The zero-order chi connectivity index (χ0) is 12.5. The van der Waals surface area contributed by atoms with Crippen LogP contribution in [0, 0.1) is 6.92 Å². The fourth-order valence-corrected chi connectivity index (χ4v) is 2.21. The third-order valence-electron chi connectivity index (χ3n) is 2.99. The second-order valence-corrected chi connectivity index (χ2v) is 4.60. The van der Waals surface area contributed by atoms with Crippen molar-refractivity contribution >= 4 is 11.3 Å². The Hall–Kier alpha value is -2.29. The first-order chi connectivity index (χ1) is 8.72. The van der Waals surface area contributed by atoms with Gasteiger partial charge in [0.15, 0.2) is 5.65 Å². The molecule has 3 aromatic rings. The van der Waals surface area contributed by atoms with Crippen LogP contribution in [0.5, 0.6) is 0 Å². The van der Waals surface area contributed by atoms with Crippen LogP contribution in [0.3, 0.4) is 0 Å². The number of nitrogens with zero attached hydrogens (tertiary/aromatic N) is 2. The van der Waals surface area contributed by atoms with E-state index in [-0.39, 0.29) is 0 Å². The molecule has 2 heterocycles. The zero-order valence-electron chi connectivity index (χ0n) is 10.3. The van der Waals surface area contributed by atoms with Gasteiger partial charge in [0.1, 0.15) is 0 Å². The minimum absolute atomic E-state index is 0.731. The molecule has 3 nitrogen and oxygen atoms in total. The number of hydrogen-bond donors (Lipinski definition) is 1. The van der Waals surface area contributed by atoms with Gasteiger partial charge in [-0.2, -0.15) is 0 Å². The van der Waals surface area contributed by atoms with Gasteiger partial charge in [-0.15, -0.1) is 0 Å². The van der Waals surface area contributed by atoms with Crippen molar-refractivity contribution in [2.24, 2.45) is 0 Å². The number of pyridine rings is 1. The summed E-state index contributed by atoms with van der Waals surface area (Å²) in [5.41, 5.74) is 11.0. The predicted octanol–water partition coefficient (Wildman–Crippen LogP) is 2.82. The van der Waals surface area contributed by atoms with Gasteiger partial charge in [-0.1, -0.05) is 30.3 Å². The molecule has 0 aliphatic heterocycles. The fourth-order valence-electron chi connectivity index (χ4n) is 2.21. The van der Waals surface area contributed by atoms with Gasteiger partial charge >= 0.3 is 0 Å². The smallest absolute Gasteiger partial charge is 0.160 e. The van der Waals surface area contributed by atoms with Crippen molar-refractivity contribution in [2.45, 2.75) is 13.3 Å². The first-order valence-corrected chi connectivity index (χ1v) is 6.00. The van der Waals surface area contributed by atoms with Crippen molar-refractivity contribution in [3.63, 3.8) is 0 Å². The number of nitrogen functional groups attached to an aromatic ring is 1. The molecule has 0 bridgehead atoms. The molecule has 90 valence electrons. The highest BCUT2D eigenvalue weighted by Crippen LogP contribution is 2.17. The number of fused-ring (bicyclic) bond motifs is 1. The van der Waals surface area contributed by atoms with Gasteiger partial charge in [0.25, 0.3) is 0 Å². The van der Waals surface area contributed by atoms with Gasteiger partial charge in [0, 0.05) is 18.8 Å². The van der Waals surface area contributed by atoms with Crippen LogP contribution in [-0.2, 0) is 6.42 Å². The van der Waals surface area contributed by atoms with Crippen LogP contribution in [0.4, 0.5) is 5.69 Å². The van der Waals surface area contributed by atoms with Gasteiger partial charge < -0.3 is 10.1 Å². The van der Waals surface area contributed by atoms with Crippen LogP contribution in [0.15, 0.2) is 48.8 Å². The summed E-state index contributed by atoms with van der Waals surface area (Å²) in [7, 11) is 0. The molecular weight excluding hydrogens is 222 g/mol. The molecule has 2 aromatic heterocycles. The normalized spacial score (nSPS) is 10.9. The summed E-state index contributed by atoms with van der Waals surface area (Å²) in [4.78, 5) is 4.59. The van der Waals surface area contributed by atoms with Crippen molar-refractivity contribution in [3.05, 3.63) is 65.6 Å². The van der Waals surface area contributed by atoms with E-state index in [0.29, 0.717) is 0 Å². The van der Waals surface area contributed by atoms with Crippen molar-refractivity contribution in [1.82, 2.24) is 9.38 Å². The molecule has 2 N–H and O–H groups in total. The largest absolute Gasteiger partial charge is 0.396 e. The topological polar surface area (TPSA) is 43.3 Å². The summed E-state index contributed by atoms with van der Waals surface area (Å²) in [6, 6.07) is 12.3. The van der Waals surface area contributed by atoms with E-state index in [1.165, 1.54) is 5.56 Å². The lowest BCUT2D eigenvalue weighted by Crippen LogP contribution is -1.93. The van der Waals surface area contributed by atoms with Crippen molar-refractivity contribution in [3.8, 4) is 0 Å². The van der Waals surface area contributed by atoms with Crippen molar-refractivity contribution < 1.29 is 0 Å². The Morgan fingerprint density at radius 2 is 1.94 bits per heavy atom. The highest BCUT2D eigenvalue weighted by molar-refractivity contribution is 5.65. The Morgan fingerprint density at radius 1 is 1.17 bits per heavy atom. The number of aromatic nitrogens is 2. The molecule has 0 atom stereocenters. The number of hydrogen-bond acceptors (Lipinski definition) is 2. The quantitative estimate of drug-likeness (QED) is 0.744. The highest BCUT2D eigenvalue weighted by atomic mass is 15.0. The molecule has 3 rings (SSSR count). The zero-order valence-corrected chi connectivity index (χ0v) is 10.3. The molecule has 3 heteroatoms. The minimum atomic E-state index is 0.731. The summed E-state index contributed by atoms with van der Waals surface area (Å²) in [5.74, 6) is 0. The van der Waals surface area contributed by atoms with Crippen LogP contribution < -0.4 is 5.73 Å². The van der Waals surface area contributed by atoms with Crippen molar-refractivity contribution in [1.29, 1.82) is 0 Å². The van der Waals surface area contributed by atoms with E-state index in [1.54, 1.807) is 0 Å². The standard InChI is InChI=1S/C15H15N3/c1-11-7-14(16)15-17-13(10-18(15)9-11)8-12-5-3-2-4-6-12/h2-7,9-10H,8,16H2,1H3. The molecule has 0 aliphatic rings. The van der Waals surface area contributed by atoms with Gasteiger partial charge in [0.05, 0.1) is 11.4 Å². The van der Waals surface area contributed by atoms with Gasteiger partial charge in [-0.25, -0.2) is 4.98 Å². The molecule has 18 heavy (non-hydrogen) atoms. The van der Waals surface area contributed by atoms with E-state index in [0.717, 1.165) is 29.0 Å². The molecule has 0 aliphatic carbocycles. The lowest BCUT2D eigenvalue weighted by Gasteiger charge is -1.98. The van der Waals surface area contributed by atoms with E-state index in [1.807, 2.05) is 48.0 Å². The summed E-state index contributed by atoms with van der Waals surface area (Å²) in [5, 5.41) is 0. The maximum absolute atomic E-state index is 5.98. The average Bonchev–Trinajstić information content (AvgIpc) is 2.73. The molecule has 0 unspecified atom stereocenters. The number of nitrogens with two attached hydrogens (primary N) is 1. The number of imidazole rings is 1. The predicted molar refractivity (Wildman–Crippen MR) is 73.6 cm³/mol. The molecule has 0 saturated heterocycles. The molecule has 1 aromatic carbocycles. The summed E-state index contributed by atoms with van der Waals surface area (Å²) in [6.45, 7) is 2.03. The summed E-state index contributed by atoms with van der Waals surface area (Å²) >= 11 is 0. The molecule has 0 saturated carbocycles. The lowest BCUT2D eigenvalue weighted by molar-refractivity contribution is 1.11. The third-order valence-corrected chi connectivity index (χ3v) is 2.99. The second kappa shape index (κ2) is 4.18. The Kier molecular flexibility index (Phi) is 2.52. The monoisotopic (exact) mass is 237 g/mol. The SMILES string of the molecule is Cc1cc(N)c2nc(Cc3ccccc3)cn2c1. The number of rotatable bonds is 2. The third kappa shape index (κ3) is 1.95. The number of anilines is 1. The number of benzene rings is 1. The maximum atomic E-state index is 5.98. The number of aryl methyl sites for hydroxylation is 1. The van der Waals surface area contributed by atoms with E-state index in [9.17, 15) is 0 Å². The van der Waals surface area contributed by atoms with Crippen LogP contribution >= 0.6 is 0 Å². The van der Waals surface area contributed by atoms with Gasteiger partial charge in [-0.05, 0) is 24.1 Å². The van der Waals surface area contributed by atoms with Crippen molar-refractivity contribution in [2.75, 3.05) is 5.73 Å². The van der Waals surface area contributed by atoms with Gasteiger partial charge in [0.2, 0.25) is 0 Å². The first kappa shape index (κ1) is 10.8. The highest BCUT2D eigenvalue weighted by Gasteiger charge is 2.05. The Balaban J connectivity index is 2.01. The van der Waals surface area contributed by atoms with Crippen LogP contribution in [-0.4, -0.2) is 9.38 Å². The molecule has 0 spiro atoms. The summed E-state index contributed by atoms with van der Waals surface area (Å²) < 4.78 is 2.00. The molecule has 0 amide bonds. The van der Waals surface area contributed by atoms with Gasteiger partial charge in [-0.3, -0.25) is 0 Å². The first-order valence-electron chi connectivity index (χ1n) is 6.00. The minimum Gasteiger partial charge on any atom is -0.396 e. The van der Waals surface area contributed by atoms with Crippen LogP contribution in [0.25, 0.3) is 5.65 Å². The average molecular weight is 237 g/mol. The van der Waals surface area contributed by atoms with E-state index >= 15 is 0 Å². The Labute approximate surface area is 106 Å². The molecule has 0 radical (unpaired) electrons. The van der Waals surface area contributed by atoms with Crippen LogP contribution in [0.1, 0.15) is 16.8 Å². The van der Waals surface area contributed by atoms with E-state index in [2.05, 4.69) is 17.1 Å². The summed E-state index contributed by atoms with van der Waals surface area (Å²) in [6.07, 6.45) is 4.93. The lowest BCUT2D eigenvalue weighted by atomic mass is 10.1. The molecular formula is C15H15N3. The second-order valence-electron chi connectivity index (χ2n) is 4.60. The van der Waals surface area contributed by atoms with E-state index < -0.39 is 0 Å². The Bertz CT molecular complexity index is 684. The molecule has 0 fully saturated rings. The Morgan fingerprint density at radius 3 is 2.72 bits per heavy atom.